The second kappa shape index (κ2) is 5.56. The van der Waals surface area contributed by atoms with Crippen molar-refractivity contribution in [2.45, 2.75) is 67.2 Å². The first-order valence-electron chi connectivity index (χ1n) is 7.09. The van der Waals surface area contributed by atoms with E-state index in [0.29, 0.717) is 0 Å². The largest absolute Gasteiger partial charge is 0.0776 e. The molecule has 2 aliphatic rings. The van der Waals surface area contributed by atoms with Crippen molar-refractivity contribution in [3.63, 3.8) is 0 Å². The van der Waals surface area contributed by atoms with E-state index in [2.05, 4.69) is 27.7 Å². The third-order valence-electron chi connectivity index (χ3n) is 5.31. The lowest BCUT2D eigenvalue weighted by molar-refractivity contribution is 0.0182. The van der Waals surface area contributed by atoms with E-state index < -0.39 is 0 Å². The van der Waals surface area contributed by atoms with Crippen LogP contribution in [0, 0.1) is 35.5 Å². The zero-order valence-corrected chi connectivity index (χ0v) is 11.0. The first kappa shape index (κ1) is 14.1. The minimum Gasteiger partial charge on any atom is -0.0776 e. The van der Waals surface area contributed by atoms with Crippen molar-refractivity contribution in [1.29, 1.82) is 0 Å². The predicted octanol–water partition coefficient (Wildman–Crippen LogP) is 5.38. The SMILES string of the molecule is C.CC1CCC2C(C)CCC(C(C)C)C2C1. The van der Waals surface area contributed by atoms with Crippen molar-refractivity contribution < 1.29 is 0 Å². The van der Waals surface area contributed by atoms with Gasteiger partial charge in [-0.25, -0.2) is 0 Å². The molecule has 0 radical (unpaired) electrons. The van der Waals surface area contributed by atoms with Crippen LogP contribution in [0.4, 0.5) is 0 Å². The Labute approximate surface area is 103 Å². The molecule has 0 spiro atoms. The molecule has 2 fully saturated rings. The summed E-state index contributed by atoms with van der Waals surface area (Å²) >= 11 is 0. The normalized spacial score (nSPS) is 43.7. The van der Waals surface area contributed by atoms with Gasteiger partial charge in [-0.15, -0.1) is 0 Å². The van der Waals surface area contributed by atoms with E-state index in [9.17, 15) is 0 Å². The highest BCUT2D eigenvalue weighted by molar-refractivity contribution is 4.90. The zero-order valence-electron chi connectivity index (χ0n) is 11.0. The summed E-state index contributed by atoms with van der Waals surface area (Å²) in [6.07, 6.45) is 7.55. The van der Waals surface area contributed by atoms with E-state index in [1.54, 1.807) is 0 Å². The molecule has 0 amide bonds. The van der Waals surface area contributed by atoms with Crippen LogP contribution >= 0.6 is 0 Å². The lowest BCUT2D eigenvalue weighted by atomic mass is 9.57. The predicted molar refractivity (Wildman–Crippen MR) is 73.5 cm³/mol. The van der Waals surface area contributed by atoms with Crippen molar-refractivity contribution in [1.82, 2.24) is 0 Å². The van der Waals surface area contributed by atoms with Crippen LogP contribution in [0.3, 0.4) is 0 Å². The molecule has 0 aromatic heterocycles. The second-order valence-corrected chi connectivity index (χ2v) is 6.71. The summed E-state index contributed by atoms with van der Waals surface area (Å²) in [4.78, 5) is 0. The molecule has 16 heavy (non-hydrogen) atoms. The fraction of sp³-hybridized carbons (Fsp3) is 1.00. The second-order valence-electron chi connectivity index (χ2n) is 6.71. The first-order valence-corrected chi connectivity index (χ1v) is 7.09. The minimum atomic E-state index is 0. The third-order valence-corrected chi connectivity index (χ3v) is 5.31. The Bertz CT molecular complexity index is 202. The fourth-order valence-electron chi connectivity index (χ4n) is 4.36. The molecule has 5 atom stereocenters. The van der Waals surface area contributed by atoms with E-state index in [0.717, 1.165) is 35.5 Å². The molecule has 96 valence electrons. The molecule has 0 heterocycles. The monoisotopic (exact) mass is 224 g/mol. The van der Waals surface area contributed by atoms with E-state index >= 15 is 0 Å². The molecule has 0 aromatic rings. The molecule has 0 saturated heterocycles. The van der Waals surface area contributed by atoms with Gasteiger partial charge in [0.15, 0.2) is 0 Å². The zero-order chi connectivity index (χ0) is 11.0. The highest BCUT2D eigenvalue weighted by atomic mass is 14.5. The Morgan fingerprint density at radius 3 is 2.19 bits per heavy atom. The topological polar surface area (TPSA) is 0 Å². The van der Waals surface area contributed by atoms with Crippen LogP contribution in [0.5, 0.6) is 0 Å². The van der Waals surface area contributed by atoms with Gasteiger partial charge in [-0.2, -0.15) is 0 Å². The van der Waals surface area contributed by atoms with Crippen LogP contribution in [0.2, 0.25) is 0 Å². The molecular formula is C16H32. The molecule has 2 saturated carbocycles. The number of rotatable bonds is 1. The Morgan fingerprint density at radius 2 is 1.56 bits per heavy atom. The van der Waals surface area contributed by atoms with Gasteiger partial charge in [0.05, 0.1) is 0 Å². The van der Waals surface area contributed by atoms with E-state index in [4.69, 9.17) is 0 Å². The molecule has 0 nitrogen and oxygen atoms in total. The van der Waals surface area contributed by atoms with Gasteiger partial charge in [-0.05, 0) is 54.8 Å². The van der Waals surface area contributed by atoms with Gasteiger partial charge < -0.3 is 0 Å². The van der Waals surface area contributed by atoms with Crippen molar-refractivity contribution in [2.75, 3.05) is 0 Å². The fourth-order valence-corrected chi connectivity index (χ4v) is 4.36. The van der Waals surface area contributed by atoms with Gasteiger partial charge in [0.2, 0.25) is 0 Å². The summed E-state index contributed by atoms with van der Waals surface area (Å²) in [5.74, 6) is 6.10. The lowest BCUT2D eigenvalue weighted by Crippen LogP contribution is -2.39. The molecule has 2 rings (SSSR count). The number of hydrogen-bond acceptors (Lipinski definition) is 0. The van der Waals surface area contributed by atoms with Crippen molar-refractivity contribution >= 4 is 0 Å². The summed E-state index contributed by atoms with van der Waals surface area (Å²) < 4.78 is 0. The van der Waals surface area contributed by atoms with E-state index in [1.165, 1.54) is 32.1 Å². The first-order chi connectivity index (χ1) is 7.09. The van der Waals surface area contributed by atoms with Crippen molar-refractivity contribution in [3.05, 3.63) is 0 Å². The van der Waals surface area contributed by atoms with Gasteiger partial charge >= 0.3 is 0 Å². The molecule has 5 unspecified atom stereocenters. The quantitative estimate of drug-likeness (QED) is 0.561. The summed E-state index contributed by atoms with van der Waals surface area (Å²) in [6.45, 7) is 9.85. The molecular weight excluding hydrogens is 192 g/mol. The van der Waals surface area contributed by atoms with Gasteiger partial charge in [-0.3, -0.25) is 0 Å². The number of fused-ring (bicyclic) bond motifs is 1. The molecule has 0 bridgehead atoms. The van der Waals surface area contributed by atoms with E-state index in [-0.39, 0.29) is 7.43 Å². The van der Waals surface area contributed by atoms with Crippen LogP contribution < -0.4 is 0 Å². The highest BCUT2D eigenvalue weighted by Gasteiger charge is 2.41. The van der Waals surface area contributed by atoms with Crippen LogP contribution in [0.25, 0.3) is 0 Å². The summed E-state index contributed by atoms with van der Waals surface area (Å²) in [5, 5.41) is 0. The Kier molecular flexibility index (Phi) is 4.88. The van der Waals surface area contributed by atoms with Gasteiger partial charge in [-0.1, -0.05) is 48.0 Å². The van der Waals surface area contributed by atoms with Gasteiger partial charge in [0.25, 0.3) is 0 Å². The lowest BCUT2D eigenvalue weighted by Gasteiger charge is -2.48. The highest BCUT2D eigenvalue weighted by Crippen LogP contribution is 2.50. The van der Waals surface area contributed by atoms with Crippen LogP contribution in [-0.4, -0.2) is 0 Å². The van der Waals surface area contributed by atoms with Crippen LogP contribution in [0.1, 0.15) is 67.2 Å². The van der Waals surface area contributed by atoms with Crippen LogP contribution in [0.15, 0.2) is 0 Å². The maximum atomic E-state index is 2.50. The summed E-state index contributed by atoms with van der Waals surface area (Å²) in [7, 11) is 0. The standard InChI is InChI=1S/C15H28.CH4/c1-10(2)13-8-6-12(4)14-7-5-11(3)9-15(13)14;/h10-15H,5-9H2,1-4H3;1H4. The molecule has 2 aliphatic carbocycles. The third kappa shape index (κ3) is 2.63. The smallest absolute Gasteiger partial charge is 0.0350 e. The number of hydrogen-bond donors (Lipinski definition) is 0. The average molecular weight is 224 g/mol. The average Bonchev–Trinajstić information content (AvgIpc) is 2.17. The molecule has 0 aliphatic heterocycles. The summed E-state index contributed by atoms with van der Waals surface area (Å²) in [6, 6.07) is 0. The maximum Gasteiger partial charge on any atom is -0.0350 e. The van der Waals surface area contributed by atoms with Crippen molar-refractivity contribution in [3.8, 4) is 0 Å². The van der Waals surface area contributed by atoms with Gasteiger partial charge in [0, 0.05) is 0 Å². The maximum absolute atomic E-state index is 2.50. The Balaban J connectivity index is 0.00000128. The van der Waals surface area contributed by atoms with Crippen molar-refractivity contribution in [2.24, 2.45) is 35.5 Å². The van der Waals surface area contributed by atoms with E-state index in [1.807, 2.05) is 0 Å². The molecule has 0 N–H and O–H groups in total. The molecule has 0 aromatic carbocycles. The van der Waals surface area contributed by atoms with Crippen LogP contribution in [-0.2, 0) is 0 Å². The molecule has 0 heteroatoms. The van der Waals surface area contributed by atoms with Gasteiger partial charge in [0.1, 0.15) is 0 Å². The Morgan fingerprint density at radius 1 is 0.875 bits per heavy atom. The summed E-state index contributed by atoms with van der Waals surface area (Å²) in [5.41, 5.74) is 0. The Hall–Kier alpha value is 0. The minimum absolute atomic E-state index is 0.